The molecule has 4 rings (SSSR count). The Morgan fingerprint density at radius 2 is 2.08 bits per heavy atom. The van der Waals surface area contributed by atoms with Crippen LogP contribution in [0, 0.1) is 34.5 Å². The van der Waals surface area contributed by atoms with E-state index in [1.165, 1.54) is 0 Å². The Kier molecular flexibility index (Phi) is 4.69. The summed E-state index contributed by atoms with van der Waals surface area (Å²) >= 11 is 0. The molecule has 0 aromatic rings. The molecule has 1 unspecified atom stereocenters. The number of nitrogens with two attached hydrogens (primary N) is 1. The van der Waals surface area contributed by atoms with Gasteiger partial charge < -0.3 is 10.8 Å². The molecule has 0 aromatic heterocycles. The van der Waals surface area contributed by atoms with E-state index in [2.05, 4.69) is 25.4 Å². The van der Waals surface area contributed by atoms with Gasteiger partial charge in [-0.05, 0) is 67.6 Å². The highest BCUT2D eigenvalue weighted by Crippen LogP contribution is 2.64. The Balaban J connectivity index is 1.57. The minimum Gasteiger partial charge on any atom is -0.393 e. The van der Waals surface area contributed by atoms with Gasteiger partial charge in [-0.2, -0.15) is 0 Å². The molecule has 0 saturated heterocycles. The van der Waals surface area contributed by atoms with E-state index in [0.29, 0.717) is 43.1 Å². The number of aliphatic hydroxyl groups excluding tert-OH is 1. The minimum absolute atomic E-state index is 0.182. The first-order valence-corrected chi connectivity index (χ1v) is 10.4. The van der Waals surface area contributed by atoms with Gasteiger partial charge >= 0.3 is 0 Å². The van der Waals surface area contributed by atoms with E-state index in [-0.39, 0.29) is 22.9 Å². The maximum atomic E-state index is 12.5. The highest BCUT2D eigenvalue weighted by atomic mass is 16.6. The summed E-state index contributed by atoms with van der Waals surface area (Å²) in [5, 5.41) is 11.1. The molecule has 146 valence electrons. The van der Waals surface area contributed by atoms with Crippen LogP contribution >= 0.6 is 0 Å². The van der Waals surface area contributed by atoms with Gasteiger partial charge in [0.05, 0.1) is 12.7 Å². The summed E-state index contributed by atoms with van der Waals surface area (Å²) in [5.41, 5.74) is 9.71. The van der Waals surface area contributed by atoms with Crippen molar-refractivity contribution in [1.82, 2.24) is 5.48 Å². The van der Waals surface area contributed by atoms with Crippen molar-refractivity contribution < 1.29 is 14.7 Å². The summed E-state index contributed by atoms with van der Waals surface area (Å²) in [6.07, 6.45) is 8.68. The standard InChI is InChI=1S/C21H34N2O3/c1-20-7-5-14(23-26-10-9-22)11-13(20)12-17(24)19-15-3-4-18(25)21(15,2)8-6-16(19)20/h11,13,15-17,19,23-24H,3-10,12,22H2,1-2H3/t13?,15-,16-,17+,19-,20-,21-/m0/s1. The number of hydroxylamine groups is 1. The Labute approximate surface area is 156 Å². The van der Waals surface area contributed by atoms with E-state index < -0.39 is 0 Å². The molecule has 5 heteroatoms. The monoisotopic (exact) mass is 362 g/mol. The molecule has 4 N–H and O–H groups in total. The third-order valence-electron chi connectivity index (χ3n) is 8.43. The van der Waals surface area contributed by atoms with Gasteiger partial charge in [0.25, 0.3) is 0 Å². The zero-order chi connectivity index (χ0) is 18.5. The number of nitrogens with one attached hydrogen (secondary N) is 1. The predicted octanol–water partition coefficient (Wildman–Crippen LogP) is 2.54. The van der Waals surface area contributed by atoms with Gasteiger partial charge in [0.2, 0.25) is 0 Å². The fourth-order valence-corrected chi connectivity index (χ4v) is 6.88. The van der Waals surface area contributed by atoms with E-state index in [1.54, 1.807) is 0 Å². The topological polar surface area (TPSA) is 84.6 Å². The van der Waals surface area contributed by atoms with E-state index in [0.717, 1.165) is 44.2 Å². The van der Waals surface area contributed by atoms with Crippen LogP contribution in [-0.2, 0) is 9.63 Å². The van der Waals surface area contributed by atoms with Gasteiger partial charge in [0, 0.05) is 24.1 Å². The van der Waals surface area contributed by atoms with Crippen molar-refractivity contribution in [2.75, 3.05) is 13.2 Å². The molecule has 0 bridgehead atoms. The van der Waals surface area contributed by atoms with Crippen LogP contribution in [0.25, 0.3) is 0 Å². The number of carbonyl (C=O) groups is 1. The second-order valence-electron chi connectivity index (χ2n) is 9.55. The smallest absolute Gasteiger partial charge is 0.139 e. The molecule has 0 aromatic carbocycles. The molecule has 3 saturated carbocycles. The summed E-state index contributed by atoms with van der Waals surface area (Å²) in [6.45, 7) is 5.60. The van der Waals surface area contributed by atoms with E-state index in [9.17, 15) is 9.90 Å². The molecule has 5 nitrogen and oxygen atoms in total. The van der Waals surface area contributed by atoms with Crippen LogP contribution in [0.2, 0.25) is 0 Å². The fourth-order valence-electron chi connectivity index (χ4n) is 6.88. The Morgan fingerprint density at radius 1 is 1.27 bits per heavy atom. The first-order chi connectivity index (χ1) is 12.4. The van der Waals surface area contributed by atoms with Crippen molar-refractivity contribution >= 4 is 5.78 Å². The normalized spacial score (nSPS) is 47.6. The first kappa shape index (κ1) is 18.5. The van der Waals surface area contributed by atoms with Crippen molar-refractivity contribution in [3.05, 3.63) is 11.8 Å². The zero-order valence-electron chi connectivity index (χ0n) is 16.2. The highest BCUT2D eigenvalue weighted by Gasteiger charge is 2.62. The number of hydrogen-bond acceptors (Lipinski definition) is 5. The van der Waals surface area contributed by atoms with Gasteiger partial charge in [0.1, 0.15) is 5.78 Å². The number of Topliss-reactive ketones (excluding diaryl/α,β-unsaturated/α-hetero) is 1. The van der Waals surface area contributed by atoms with Crippen LogP contribution in [0.3, 0.4) is 0 Å². The van der Waals surface area contributed by atoms with Gasteiger partial charge in [-0.3, -0.25) is 15.1 Å². The van der Waals surface area contributed by atoms with Crippen LogP contribution in [-0.4, -0.2) is 30.1 Å². The highest BCUT2D eigenvalue weighted by molar-refractivity contribution is 5.87. The summed E-state index contributed by atoms with van der Waals surface area (Å²) < 4.78 is 0. The molecule has 0 aliphatic heterocycles. The maximum Gasteiger partial charge on any atom is 0.139 e. The Morgan fingerprint density at radius 3 is 2.85 bits per heavy atom. The number of allylic oxidation sites excluding steroid dienone is 2. The lowest BCUT2D eigenvalue weighted by molar-refractivity contribution is -0.153. The van der Waals surface area contributed by atoms with Gasteiger partial charge in [-0.15, -0.1) is 0 Å². The SMILES string of the molecule is C[C@]12CCC(NOCCN)=CC1C[C@@H](O)[C@@H]1[C@@H]2CC[C@]2(C)C(=O)CC[C@@H]12. The molecule has 0 spiro atoms. The second kappa shape index (κ2) is 6.61. The maximum absolute atomic E-state index is 12.5. The summed E-state index contributed by atoms with van der Waals surface area (Å²) in [6, 6.07) is 0. The predicted molar refractivity (Wildman–Crippen MR) is 99.7 cm³/mol. The molecule has 0 amide bonds. The molecule has 3 fully saturated rings. The molecule has 0 heterocycles. The van der Waals surface area contributed by atoms with E-state index in [1.807, 2.05) is 0 Å². The minimum atomic E-state index is -0.297. The van der Waals surface area contributed by atoms with E-state index in [4.69, 9.17) is 10.6 Å². The van der Waals surface area contributed by atoms with Crippen LogP contribution in [0.4, 0.5) is 0 Å². The van der Waals surface area contributed by atoms with Crippen LogP contribution < -0.4 is 11.2 Å². The van der Waals surface area contributed by atoms with Crippen molar-refractivity contribution in [2.45, 2.75) is 64.9 Å². The van der Waals surface area contributed by atoms with Crippen molar-refractivity contribution in [1.29, 1.82) is 0 Å². The molecular formula is C21H34N2O3. The van der Waals surface area contributed by atoms with Crippen molar-refractivity contribution in [2.24, 2.45) is 40.2 Å². The number of carbonyl (C=O) groups excluding carboxylic acids is 1. The van der Waals surface area contributed by atoms with Gasteiger partial charge in [-0.25, -0.2) is 0 Å². The van der Waals surface area contributed by atoms with Crippen molar-refractivity contribution in [3.8, 4) is 0 Å². The number of fused-ring (bicyclic) bond motifs is 5. The summed E-state index contributed by atoms with van der Waals surface area (Å²) in [7, 11) is 0. The third kappa shape index (κ3) is 2.66. The first-order valence-electron chi connectivity index (χ1n) is 10.4. The Bertz CT molecular complexity index is 606. The zero-order valence-corrected chi connectivity index (χ0v) is 16.2. The van der Waals surface area contributed by atoms with Crippen molar-refractivity contribution in [3.63, 3.8) is 0 Å². The van der Waals surface area contributed by atoms with Gasteiger partial charge in [0.15, 0.2) is 0 Å². The van der Waals surface area contributed by atoms with Crippen LogP contribution in [0.5, 0.6) is 0 Å². The largest absolute Gasteiger partial charge is 0.393 e. The van der Waals surface area contributed by atoms with Crippen LogP contribution in [0.1, 0.15) is 58.8 Å². The lowest BCUT2D eigenvalue weighted by Gasteiger charge is -2.60. The summed E-state index contributed by atoms with van der Waals surface area (Å²) in [5.74, 6) is 1.99. The molecular weight excluding hydrogens is 328 g/mol. The third-order valence-corrected chi connectivity index (χ3v) is 8.43. The lowest BCUT2D eigenvalue weighted by atomic mass is 9.45. The van der Waals surface area contributed by atoms with Gasteiger partial charge in [-0.1, -0.05) is 19.9 Å². The lowest BCUT2D eigenvalue weighted by Crippen LogP contribution is -2.57. The average Bonchev–Trinajstić information content (AvgIpc) is 2.92. The molecule has 0 radical (unpaired) electrons. The summed E-state index contributed by atoms with van der Waals surface area (Å²) in [4.78, 5) is 17.9. The molecule has 7 atom stereocenters. The quantitative estimate of drug-likeness (QED) is 0.529. The fraction of sp³-hybridized carbons (Fsp3) is 0.857. The van der Waals surface area contributed by atoms with E-state index >= 15 is 0 Å². The van der Waals surface area contributed by atoms with Crippen LogP contribution in [0.15, 0.2) is 11.8 Å². The average molecular weight is 363 g/mol. The number of hydrogen-bond donors (Lipinski definition) is 3. The second-order valence-corrected chi connectivity index (χ2v) is 9.55. The molecule has 4 aliphatic rings. The Hall–Kier alpha value is -0.910. The number of ketones is 1. The molecule has 4 aliphatic carbocycles. The number of aliphatic hydroxyl groups is 1. The number of rotatable bonds is 4. The molecule has 26 heavy (non-hydrogen) atoms.